The van der Waals surface area contributed by atoms with Gasteiger partial charge in [-0.3, -0.25) is 9.11 Å². The first-order chi connectivity index (χ1) is 5.17. The van der Waals surface area contributed by atoms with Gasteiger partial charge in [0.15, 0.2) is 5.25 Å². The zero-order chi connectivity index (χ0) is 9.99. The van der Waals surface area contributed by atoms with Gasteiger partial charge in [-0.05, 0) is 0 Å². The molecule has 0 amide bonds. The summed E-state index contributed by atoms with van der Waals surface area (Å²) in [6.07, 6.45) is -0.275. The van der Waals surface area contributed by atoms with E-state index >= 15 is 0 Å². The van der Waals surface area contributed by atoms with Crippen molar-refractivity contribution >= 4 is 26.5 Å². The summed E-state index contributed by atoms with van der Waals surface area (Å²) in [5, 5.41) is -2.13. The van der Waals surface area contributed by atoms with Crippen molar-refractivity contribution in [2.75, 3.05) is 5.75 Å². The topological polar surface area (TPSA) is 126 Å². The fraction of sp³-hybridized carbons (Fsp3) is 0.667. The number of carbonyl (C=O) groups excluding carboxylic acids is 1. The maximum atomic E-state index is 10.2. The van der Waals surface area contributed by atoms with Crippen LogP contribution in [-0.2, 0) is 25.0 Å². The average molecular weight is 218 g/mol. The van der Waals surface area contributed by atoms with E-state index in [4.69, 9.17) is 9.11 Å². The molecule has 0 radical (unpaired) electrons. The molecule has 1 atom stereocenters. The zero-order valence-electron chi connectivity index (χ0n) is 5.61. The Balaban J connectivity index is 4.76. The van der Waals surface area contributed by atoms with E-state index in [-0.39, 0.29) is 6.29 Å². The van der Waals surface area contributed by atoms with Crippen molar-refractivity contribution < 1.29 is 30.7 Å². The summed E-state index contributed by atoms with van der Waals surface area (Å²) < 4.78 is 56.8. The molecule has 72 valence electrons. The Labute approximate surface area is 68.9 Å². The van der Waals surface area contributed by atoms with E-state index in [1.165, 1.54) is 0 Å². The first-order valence-electron chi connectivity index (χ1n) is 2.53. The van der Waals surface area contributed by atoms with Gasteiger partial charge in [-0.1, -0.05) is 0 Å². The lowest BCUT2D eigenvalue weighted by Crippen LogP contribution is -2.30. The molecule has 0 aromatic heterocycles. The molecule has 0 aromatic rings. The summed E-state index contributed by atoms with van der Waals surface area (Å²) in [6, 6.07) is 0. The molecule has 0 saturated heterocycles. The summed E-state index contributed by atoms with van der Waals surface area (Å²) in [7, 11) is -9.34. The van der Waals surface area contributed by atoms with Crippen molar-refractivity contribution in [1.82, 2.24) is 0 Å². The highest BCUT2D eigenvalue weighted by Crippen LogP contribution is 1.98. The smallest absolute Gasteiger partial charge is 0.275 e. The van der Waals surface area contributed by atoms with Gasteiger partial charge >= 0.3 is 0 Å². The van der Waals surface area contributed by atoms with Crippen LogP contribution in [0.4, 0.5) is 0 Å². The number of hydrogen-bond acceptors (Lipinski definition) is 5. The maximum Gasteiger partial charge on any atom is 0.275 e. The van der Waals surface area contributed by atoms with Gasteiger partial charge in [-0.2, -0.15) is 16.8 Å². The molecule has 0 fully saturated rings. The minimum absolute atomic E-state index is 0.275. The Bertz CT molecular complexity index is 348. The molecule has 7 nitrogen and oxygen atoms in total. The minimum atomic E-state index is -4.76. The predicted octanol–water partition coefficient (Wildman–Crippen LogP) is -1.67. The molecular weight excluding hydrogens is 212 g/mol. The molecule has 0 heterocycles. The van der Waals surface area contributed by atoms with Crippen molar-refractivity contribution in [2.24, 2.45) is 0 Å². The van der Waals surface area contributed by atoms with Crippen LogP contribution in [0, 0.1) is 0 Å². The van der Waals surface area contributed by atoms with E-state index in [1.54, 1.807) is 0 Å². The lowest BCUT2D eigenvalue weighted by molar-refractivity contribution is -0.107. The molecule has 0 spiro atoms. The van der Waals surface area contributed by atoms with Crippen LogP contribution >= 0.6 is 0 Å². The van der Waals surface area contributed by atoms with Gasteiger partial charge in [-0.25, -0.2) is 0 Å². The van der Waals surface area contributed by atoms with Gasteiger partial charge in [0, 0.05) is 0 Å². The summed E-state index contributed by atoms with van der Waals surface area (Å²) in [5.41, 5.74) is 0. The lowest BCUT2D eigenvalue weighted by Gasteiger charge is -2.02. The van der Waals surface area contributed by atoms with Crippen LogP contribution in [0.2, 0.25) is 0 Å². The van der Waals surface area contributed by atoms with Crippen molar-refractivity contribution in [3.63, 3.8) is 0 Å². The minimum Gasteiger partial charge on any atom is -0.302 e. The fourth-order valence-corrected chi connectivity index (χ4v) is 2.24. The molecule has 0 bridgehead atoms. The van der Waals surface area contributed by atoms with Gasteiger partial charge in [0.05, 0.1) is 0 Å². The van der Waals surface area contributed by atoms with Crippen LogP contribution in [0.3, 0.4) is 0 Å². The maximum absolute atomic E-state index is 10.2. The molecule has 12 heavy (non-hydrogen) atoms. The first kappa shape index (κ1) is 11.5. The Morgan fingerprint density at radius 1 is 1.17 bits per heavy atom. The second-order valence-electron chi connectivity index (χ2n) is 1.94. The Kier molecular flexibility index (Phi) is 3.33. The van der Waals surface area contributed by atoms with E-state index in [0.717, 1.165) is 0 Å². The quantitative estimate of drug-likeness (QED) is 0.426. The molecular formula is C3H6O7S2. The van der Waals surface area contributed by atoms with Crippen molar-refractivity contribution in [1.29, 1.82) is 0 Å². The molecule has 9 heteroatoms. The molecule has 0 aliphatic heterocycles. The average Bonchev–Trinajstić information content (AvgIpc) is 1.78. The molecule has 0 saturated carbocycles. The summed E-state index contributed by atoms with van der Waals surface area (Å²) >= 11 is 0. The second kappa shape index (κ2) is 3.47. The highest BCUT2D eigenvalue weighted by molar-refractivity contribution is 7.90. The number of aldehydes is 1. The third kappa shape index (κ3) is 4.38. The van der Waals surface area contributed by atoms with Crippen LogP contribution in [-0.4, -0.2) is 43.2 Å². The zero-order valence-corrected chi connectivity index (χ0v) is 7.25. The molecule has 0 aliphatic rings. The highest BCUT2D eigenvalue weighted by Gasteiger charge is 2.27. The van der Waals surface area contributed by atoms with Crippen molar-refractivity contribution in [2.45, 2.75) is 5.25 Å². The van der Waals surface area contributed by atoms with Crippen molar-refractivity contribution in [3.05, 3.63) is 0 Å². The van der Waals surface area contributed by atoms with E-state index in [2.05, 4.69) is 0 Å². The predicted molar refractivity (Wildman–Crippen MR) is 37.8 cm³/mol. The molecule has 2 N–H and O–H groups in total. The molecule has 0 rings (SSSR count). The van der Waals surface area contributed by atoms with E-state index in [1.807, 2.05) is 0 Å². The Morgan fingerprint density at radius 2 is 1.58 bits per heavy atom. The summed E-state index contributed by atoms with van der Waals surface area (Å²) in [5.74, 6) is -1.34. The third-order valence-corrected chi connectivity index (χ3v) is 2.94. The van der Waals surface area contributed by atoms with Crippen LogP contribution in [0.1, 0.15) is 0 Å². The lowest BCUT2D eigenvalue weighted by atomic mass is 10.5. The molecule has 0 aliphatic carbocycles. The van der Waals surface area contributed by atoms with Gasteiger partial charge in [-0.15, -0.1) is 0 Å². The normalized spacial score (nSPS) is 15.5. The van der Waals surface area contributed by atoms with Gasteiger partial charge in [0.2, 0.25) is 0 Å². The number of rotatable bonds is 4. The van der Waals surface area contributed by atoms with Crippen molar-refractivity contribution in [3.8, 4) is 0 Å². The first-order valence-corrected chi connectivity index (χ1v) is 5.65. The summed E-state index contributed by atoms with van der Waals surface area (Å²) in [4.78, 5) is 9.91. The Morgan fingerprint density at radius 3 is 1.67 bits per heavy atom. The number of hydrogen-bond donors (Lipinski definition) is 2. The SMILES string of the molecule is O=CC(CS(=O)(=O)O)S(=O)(=O)O. The third-order valence-electron chi connectivity index (χ3n) is 0.909. The number of carbonyl (C=O) groups is 1. The second-order valence-corrected chi connectivity index (χ2v) is 5.07. The highest BCUT2D eigenvalue weighted by atomic mass is 32.2. The van der Waals surface area contributed by atoms with Crippen LogP contribution in [0.25, 0.3) is 0 Å². The van der Waals surface area contributed by atoms with Gasteiger partial charge in [0.1, 0.15) is 12.0 Å². The summed E-state index contributed by atoms with van der Waals surface area (Å²) in [6.45, 7) is 0. The van der Waals surface area contributed by atoms with Crippen LogP contribution < -0.4 is 0 Å². The molecule has 0 aromatic carbocycles. The largest absolute Gasteiger partial charge is 0.302 e. The van der Waals surface area contributed by atoms with E-state index < -0.39 is 31.2 Å². The molecule has 1 unspecified atom stereocenters. The fourth-order valence-electron chi connectivity index (χ4n) is 0.403. The van der Waals surface area contributed by atoms with Crippen LogP contribution in [0.5, 0.6) is 0 Å². The van der Waals surface area contributed by atoms with E-state index in [0.29, 0.717) is 0 Å². The standard InChI is InChI=1S/C3H6O7S2/c4-1-3(12(8,9)10)2-11(5,6)7/h1,3H,2H2,(H,5,6,7)(H,8,9,10). The van der Waals surface area contributed by atoms with Crippen LogP contribution in [0.15, 0.2) is 0 Å². The van der Waals surface area contributed by atoms with E-state index in [9.17, 15) is 21.6 Å². The Hall–Kier alpha value is -0.510. The monoisotopic (exact) mass is 218 g/mol. The van der Waals surface area contributed by atoms with Gasteiger partial charge < -0.3 is 4.79 Å². The van der Waals surface area contributed by atoms with Gasteiger partial charge in [0.25, 0.3) is 20.2 Å².